The largest absolute Gasteiger partial charge is 0.508 e. The highest BCUT2D eigenvalue weighted by Crippen LogP contribution is 2.24. The molecule has 1 aromatic carbocycles. The number of pyridine rings is 2. The maximum Gasteiger partial charge on any atom is 0.180 e. The summed E-state index contributed by atoms with van der Waals surface area (Å²) in [5.74, 6) is 1.68. The van der Waals surface area contributed by atoms with Crippen molar-refractivity contribution < 1.29 is 5.11 Å². The summed E-state index contributed by atoms with van der Waals surface area (Å²) < 4.78 is 0. The van der Waals surface area contributed by atoms with Crippen molar-refractivity contribution in [1.29, 1.82) is 0 Å². The van der Waals surface area contributed by atoms with E-state index in [-0.39, 0.29) is 5.75 Å². The van der Waals surface area contributed by atoms with Crippen LogP contribution in [0, 0.1) is 0 Å². The van der Waals surface area contributed by atoms with Crippen molar-refractivity contribution in [3.05, 3.63) is 84.8 Å². The second-order valence-corrected chi connectivity index (χ2v) is 6.73. The van der Waals surface area contributed by atoms with Gasteiger partial charge in [-0.05, 0) is 48.4 Å². The first-order chi connectivity index (χ1) is 14.2. The van der Waals surface area contributed by atoms with Crippen LogP contribution in [0.3, 0.4) is 0 Å². The van der Waals surface area contributed by atoms with Crippen LogP contribution in [0.4, 0.5) is 5.82 Å². The van der Waals surface area contributed by atoms with Crippen molar-refractivity contribution >= 4 is 5.82 Å². The van der Waals surface area contributed by atoms with Crippen LogP contribution in [0.2, 0.25) is 0 Å². The van der Waals surface area contributed by atoms with Gasteiger partial charge in [-0.15, -0.1) is 0 Å². The maximum atomic E-state index is 9.45. The Morgan fingerprint density at radius 3 is 2.48 bits per heavy atom. The molecule has 0 aliphatic carbocycles. The lowest BCUT2D eigenvalue weighted by atomic mass is 10.1. The van der Waals surface area contributed by atoms with Crippen LogP contribution in [-0.4, -0.2) is 38.6 Å². The van der Waals surface area contributed by atoms with Gasteiger partial charge in [0.2, 0.25) is 0 Å². The van der Waals surface area contributed by atoms with Crippen molar-refractivity contribution in [2.45, 2.75) is 6.42 Å². The lowest BCUT2D eigenvalue weighted by Crippen LogP contribution is -2.22. The number of likely N-dealkylation sites (N-methyl/N-ethyl adjacent to an activating group) is 1. The van der Waals surface area contributed by atoms with E-state index in [2.05, 4.69) is 14.9 Å². The van der Waals surface area contributed by atoms with E-state index in [1.165, 1.54) is 0 Å². The van der Waals surface area contributed by atoms with Crippen molar-refractivity contribution in [3.8, 4) is 28.5 Å². The normalized spacial score (nSPS) is 10.7. The van der Waals surface area contributed by atoms with Crippen LogP contribution in [0.25, 0.3) is 22.8 Å². The molecule has 0 saturated heterocycles. The molecule has 4 aromatic rings. The van der Waals surface area contributed by atoms with E-state index in [1.807, 2.05) is 55.6 Å². The second-order valence-electron chi connectivity index (χ2n) is 6.73. The van der Waals surface area contributed by atoms with Gasteiger partial charge in [-0.2, -0.15) is 0 Å². The fourth-order valence-corrected chi connectivity index (χ4v) is 2.98. The van der Waals surface area contributed by atoms with E-state index in [0.717, 1.165) is 41.3 Å². The van der Waals surface area contributed by atoms with E-state index >= 15 is 0 Å². The average Bonchev–Trinajstić information content (AvgIpc) is 2.79. The first-order valence-corrected chi connectivity index (χ1v) is 9.39. The summed E-state index contributed by atoms with van der Waals surface area (Å²) in [6, 6.07) is 18.8. The molecule has 0 aliphatic heterocycles. The molecule has 0 spiro atoms. The molecule has 0 atom stereocenters. The van der Waals surface area contributed by atoms with Gasteiger partial charge < -0.3 is 10.0 Å². The van der Waals surface area contributed by atoms with E-state index in [1.54, 1.807) is 30.7 Å². The highest BCUT2D eigenvalue weighted by molar-refractivity contribution is 5.66. The molecule has 0 aliphatic rings. The Balaban J connectivity index is 1.65. The molecule has 0 fully saturated rings. The van der Waals surface area contributed by atoms with Gasteiger partial charge in [-0.1, -0.05) is 18.2 Å². The van der Waals surface area contributed by atoms with E-state index in [9.17, 15) is 5.11 Å². The van der Waals surface area contributed by atoms with Gasteiger partial charge in [0.25, 0.3) is 0 Å². The minimum Gasteiger partial charge on any atom is -0.508 e. The topological polar surface area (TPSA) is 75.0 Å². The number of aromatic hydroxyl groups is 1. The van der Waals surface area contributed by atoms with Crippen LogP contribution in [0.1, 0.15) is 5.56 Å². The zero-order valence-corrected chi connectivity index (χ0v) is 16.1. The highest BCUT2D eigenvalue weighted by atomic mass is 16.3. The van der Waals surface area contributed by atoms with Crippen molar-refractivity contribution in [1.82, 2.24) is 19.9 Å². The molecule has 0 bridgehead atoms. The number of phenols is 1. The first-order valence-electron chi connectivity index (χ1n) is 9.39. The molecular weight excluding hydrogens is 362 g/mol. The fourth-order valence-electron chi connectivity index (χ4n) is 2.98. The third-order valence-corrected chi connectivity index (χ3v) is 4.63. The third-order valence-electron chi connectivity index (χ3n) is 4.63. The molecule has 0 radical (unpaired) electrons. The number of hydrogen-bond acceptors (Lipinski definition) is 6. The molecule has 6 heteroatoms. The predicted molar refractivity (Wildman–Crippen MR) is 114 cm³/mol. The predicted octanol–water partition coefficient (Wildman–Crippen LogP) is 3.99. The summed E-state index contributed by atoms with van der Waals surface area (Å²) in [6.45, 7) is 0.774. The molecule has 144 valence electrons. The molecule has 4 rings (SSSR count). The van der Waals surface area contributed by atoms with Crippen LogP contribution < -0.4 is 4.90 Å². The van der Waals surface area contributed by atoms with Gasteiger partial charge in [0.1, 0.15) is 17.3 Å². The molecule has 1 N–H and O–H groups in total. The molecule has 0 amide bonds. The van der Waals surface area contributed by atoms with Gasteiger partial charge >= 0.3 is 0 Å². The summed E-state index contributed by atoms with van der Waals surface area (Å²) in [4.78, 5) is 20.2. The Morgan fingerprint density at radius 1 is 0.897 bits per heavy atom. The number of rotatable bonds is 6. The van der Waals surface area contributed by atoms with Crippen LogP contribution >= 0.6 is 0 Å². The minimum atomic E-state index is 0.277. The van der Waals surface area contributed by atoms with Gasteiger partial charge in [0.05, 0.1) is 5.69 Å². The van der Waals surface area contributed by atoms with Gasteiger partial charge in [-0.3, -0.25) is 9.97 Å². The van der Waals surface area contributed by atoms with Gasteiger partial charge in [0, 0.05) is 43.8 Å². The van der Waals surface area contributed by atoms with Gasteiger partial charge in [-0.25, -0.2) is 9.97 Å². The minimum absolute atomic E-state index is 0.277. The Labute approximate surface area is 169 Å². The fraction of sp³-hybridized carbons (Fsp3) is 0.130. The molecule has 3 heterocycles. The van der Waals surface area contributed by atoms with E-state index < -0.39 is 0 Å². The summed E-state index contributed by atoms with van der Waals surface area (Å²) >= 11 is 0. The van der Waals surface area contributed by atoms with E-state index in [0.29, 0.717) is 5.82 Å². The lowest BCUT2D eigenvalue weighted by molar-refractivity contribution is 0.475. The lowest BCUT2D eigenvalue weighted by Gasteiger charge is -2.19. The summed E-state index contributed by atoms with van der Waals surface area (Å²) in [5, 5.41) is 9.45. The smallest absolute Gasteiger partial charge is 0.180 e. The number of phenolic OH excluding ortho intramolecular Hbond substituents is 1. The number of anilines is 1. The molecule has 29 heavy (non-hydrogen) atoms. The Kier molecular flexibility index (Phi) is 5.42. The third kappa shape index (κ3) is 4.55. The molecule has 3 aromatic heterocycles. The molecule has 0 unspecified atom stereocenters. The maximum absolute atomic E-state index is 9.45. The SMILES string of the molecule is CN(CCc1ccc(O)cc1)c1cc(-c2cccnc2)nc(-c2ccccn2)n1. The molecule has 0 saturated carbocycles. The van der Waals surface area contributed by atoms with Crippen molar-refractivity contribution in [2.24, 2.45) is 0 Å². The van der Waals surface area contributed by atoms with Crippen molar-refractivity contribution in [2.75, 3.05) is 18.5 Å². The Morgan fingerprint density at radius 2 is 1.76 bits per heavy atom. The van der Waals surface area contributed by atoms with Crippen LogP contribution in [0.5, 0.6) is 5.75 Å². The average molecular weight is 383 g/mol. The number of nitrogens with zero attached hydrogens (tertiary/aromatic N) is 5. The number of aromatic nitrogens is 4. The molecular formula is C23H21N5O. The summed E-state index contributed by atoms with van der Waals surface area (Å²) in [7, 11) is 2.01. The van der Waals surface area contributed by atoms with Crippen LogP contribution in [-0.2, 0) is 6.42 Å². The standard InChI is InChI=1S/C23H21N5O/c1-28(14-11-17-7-9-19(29)10-8-17)22-15-21(18-5-4-12-24-16-18)26-23(27-22)20-6-2-3-13-25-20/h2-10,12-13,15-16,29H,11,14H2,1H3. The number of benzene rings is 1. The molecule has 6 nitrogen and oxygen atoms in total. The second kappa shape index (κ2) is 8.48. The van der Waals surface area contributed by atoms with E-state index in [4.69, 9.17) is 9.97 Å². The van der Waals surface area contributed by atoms with Crippen LogP contribution in [0.15, 0.2) is 79.3 Å². The quantitative estimate of drug-likeness (QED) is 0.543. The first kappa shape index (κ1) is 18.6. The van der Waals surface area contributed by atoms with Gasteiger partial charge in [0.15, 0.2) is 5.82 Å². The summed E-state index contributed by atoms with van der Waals surface area (Å²) in [5.41, 5.74) is 3.62. The Bertz CT molecular complexity index is 1010. The zero-order valence-electron chi connectivity index (χ0n) is 16.1. The van der Waals surface area contributed by atoms with Crippen molar-refractivity contribution in [3.63, 3.8) is 0 Å². The summed E-state index contributed by atoms with van der Waals surface area (Å²) in [6.07, 6.45) is 6.12. The monoisotopic (exact) mass is 383 g/mol. The zero-order chi connectivity index (χ0) is 20.1. The number of hydrogen-bond donors (Lipinski definition) is 1. The Hall–Kier alpha value is -3.80. The highest BCUT2D eigenvalue weighted by Gasteiger charge is 2.12.